The van der Waals surface area contributed by atoms with Gasteiger partial charge in [0, 0.05) is 11.4 Å². The summed E-state index contributed by atoms with van der Waals surface area (Å²) < 4.78 is 11.2. The van der Waals surface area contributed by atoms with Crippen LogP contribution in [0, 0.1) is 6.07 Å². The summed E-state index contributed by atoms with van der Waals surface area (Å²) in [4.78, 5) is 0. The van der Waals surface area contributed by atoms with Crippen molar-refractivity contribution in [3.63, 3.8) is 0 Å². The maximum Gasteiger partial charge on any atom is 0.161 e. The number of ether oxygens (including phenoxy) is 2. The molecule has 0 atom stereocenters. The van der Waals surface area contributed by atoms with Crippen LogP contribution in [0.15, 0.2) is 36.4 Å². The zero-order valence-electron chi connectivity index (χ0n) is 9.78. The molecule has 2 aromatic rings. The van der Waals surface area contributed by atoms with Crippen molar-refractivity contribution in [3.05, 3.63) is 47.5 Å². The summed E-state index contributed by atoms with van der Waals surface area (Å²) in [6.07, 6.45) is 0.908. The quantitative estimate of drug-likeness (QED) is 0.772. The zero-order valence-corrected chi connectivity index (χ0v) is 10.5. The summed E-state index contributed by atoms with van der Waals surface area (Å²) >= 11 is 5.88. The number of fused-ring (bicyclic) bond motifs is 1. The molecule has 0 saturated heterocycles. The van der Waals surface area contributed by atoms with Crippen LogP contribution >= 0.6 is 11.6 Å². The van der Waals surface area contributed by atoms with E-state index in [1.165, 1.54) is 0 Å². The van der Waals surface area contributed by atoms with E-state index in [-0.39, 0.29) is 0 Å². The van der Waals surface area contributed by atoms with Crippen LogP contribution in [-0.4, -0.2) is 13.2 Å². The molecule has 3 heteroatoms. The van der Waals surface area contributed by atoms with Gasteiger partial charge < -0.3 is 9.47 Å². The van der Waals surface area contributed by atoms with Crippen molar-refractivity contribution in [1.29, 1.82) is 0 Å². The lowest BCUT2D eigenvalue weighted by molar-refractivity contribution is 0.297. The number of benzene rings is 2. The second-order valence-corrected chi connectivity index (χ2v) is 4.57. The van der Waals surface area contributed by atoms with Gasteiger partial charge in [0.15, 0.2) is 11.5 Å². The molecule has 0 amide bonds. The summed E-state index contributed by atoms with van der Waals surface area (Å²) in [5.74, 6) is 1.56. The Morgan fingerprint density at radius 1 is 1.00 bits per heavy atom. The lowest BCUT2D eigenvalue weighted by Crippen LogP contribution is -1.97. The maximum absolute atomic E-state index is 5.88. The summed E-state index contributed by atoms with van der Waals surface area (Å²) in [6.45, 7) is 1.39. The monoisotopic (exact) mass is 259 g/mol. The average Bonchev–Trinajstić information content (AvgIpc) is 2.64. The molecule has 0 unspecified atom stereocenters. The molecule has 2 nitrogen and oxygen atoms in total. The second kappa shape index (κ2) is 4.91. The number of hydrogen-bond donors (Lipinski definition) is 0. The molecule has 0 fully saturated rings. The van der Waals surface area contributed by atoms with Gasteiger partial charge in [-0.3, -0.25) is 0 Å². The van der Waals surface area contributed by atoms with Crippen molar-refractivity contribution in [2.75, 3.05) is 13.2 Å². The van der Waals surface area contributed by atoms with Crippen LogP contribution in [-0.2, 0) is 0 Å². The molecule has 18 heavy (non-hydrogen) atoms. The van der Waals surface area contributed by atoms with Crippen LogP contribution < -0.4 is 9.47 Å². The van der Waals surface area contributed by atoms with Gasteiger partial charge >= 0.3 is 0 Å². The van der Waals surface area contributed by atoms with E-state index in [2.05, 4.69) is 6.07 Å². The molecule has 91 valence electrons. The Morgan fingerprint density at radius 3 is 2.50 bits per heavy atom. The normalized spacial score (nSPS) is 14.1. The lowest BCUT2D eigenvalue weighted by atomic mass is 10.1. The molecule has 0 aliphatic carbocycles. The molecule has 0 bridgehead atoms. The highest BCUT2D eigenvalue weighted by molar-refractivity contribution is 6.30. The molecule has 0 aromatic heterocycles. The minimum absolute atomic E-state index is 0.692. The van der Waals surface area contributed by atoms with Crippen LogP contribution in [0.2, 0.25) is 5.02 Å². The fourth-order valence-electron chi connectivity index (χ4n) is 1.90. The van der Waals surface area contributed by atoms with Crippen LogP contribution in [0.1, 0.15) is 6.42 Å². The Labute approximate surface area is 111 Å². The average molecular weight is 260 g/mol. The molecular formula is C15H12ClO2. The minimum Gasteiger partial charge on any atom is -0.490 e. The van der Waals surface area contributed by atoms with Gasteiger partial charge in [-0.25, -0.2) is 0 Å². The van der Waals surface area contributed by atoms with E-state index in [1.54, 1.807) is 0 Å². The van der Waals surface area contributed by atoms with Gasteiger partial charge in [0.2, 0.25) is 0 Å². The molecule has 2 aromatic carbocycles. The van der Waals surface area contributed by atoms with E-state index < -0.39 is 0 Å². The molecule has 1 aliphatic heterocycles. The molecule has 1 radical (unpaired) electrons. The highest BCUT2D eigenvalue weighted by atomic mass is 35.5. The van der Waals surface area contributed by atoms with Gasteiger partial charge in [-0.1, -0.05) is 23.7 Å². The molecular weight excluding hydrogens is 248 g/mol. The third-order valence-corrected chi connectivity index (χ3v) is 3.09. The first-order valence-electron chi connectivity index (χ1n) is 5.90. The van der Waals surface area contributed by atoms with Crippen molar-refractivity contribution < 1.29 is 9.47 Å². The first-order chi connectivity index (χ1) is 8.83. The summed E-state index contributed by atoms with van der Waals surface area (Å²) in [6, 6.07) is 14.7. The standard InChI is InChI=1S/C15H12ClO2/c16-13-5-2-11(3-6-13)12-4-7-14-15(10-12)18-9-1-8-17-14/h2-3,5-7,10H,1,8-9H2. The Hall–Kier alpha value is -1.67. The van der Waals surface area contributed by atoms with Crippen LogP contribution in [0.25, 0.3) is 11.1 Å². The minimum atomic E-state index is 0.692. The van der Waals surface area contributed by atoms with Crippen molar-refractivity contribution in [3.8, 4) is 22.6 Å². The van der Waals surface area contributed by atoms with Gasteiger partial charge in [0.25, 0.3) is 0 Å². The van der Waals surface area contributed by atoms with Crippen LogP contribution in [0.3, 0.4) is 0 Å². The van der Waals surface area contributed by atoms with E-state index in [0.717, 1.165) is 34.1 Å². The predicted molar refractivity (Wildman–Crippen MR) is 71.3 cm³/mol. The van der Waals surface area contributed by atoms with Crippen molar-refractivity contribution in [1.82, 2.24) is 0 Å². The fourth-order valence-corrected chi connectivity index (χ4v) is 2.03. The Bertz CT molecular complexity index is 549. The van der Waals surface area contributed by atoms with Gasteiger partial charge in [-0.15, -0.1) is 0 Å². The SMILES string of the molecule is Clc1ccc(-c2[c]cc3c(c2)OCCCO3)cc1. The van der Waals surface area contributed by atoms with Crippen LogP contribution in [0.4, 0.5) is 0 Å². The Morgan fingerprint density at radius 2 is 1.72 bits per heavy atom. The Balaban J connectivity index is 1.98. The van der Waals surface area contributed by atoms with E-state index in [4.69, 9.17) is 21.1 Å². The van der Waals surface area contributed by atoms with Crippen molar-refractivity contribution in [2.24, 2.45) is 0 Å². The Kier molecular flexibility index (Phi) is 3.11. The van der Waals surface area contributed by atoms with E-state index in [0.29, 0.717) is 13.2 Å². The summed E-state index contributed by atoms with van der Waals surface area (Å²) in [7, 11) is 0. The van der Waals surface area contributed by atoms with E-state index in [9.17, 15) is 0 Å². The van der Waals surface area contributed by atoms with Gasteiger partial charge in [0.1, 0.15) is 0 Å². The fraction of sp³-hybridized carbons (Fsp3) is 0.200. The number of hydrogen-bond acceptors (Lipinski definition) is 2. The zero-order chi connectivity index (χ0) is 12.4. The highest BCUT2D eigenvalue weighted by Gasteiger charge is 2.11. The van der Waals surface area contributed by atoms with Gasteiger partial charge in [0.05, 0.1) is 13.2 Å². The number of halogens is 1. The molecule has 0 saturated carbocycles. The lowest BCUT2D eigenvalue weighted by Gasteiger charge is -2.09. The van der Waals surface area contributed by atoms with E-state index >= 15 is 0 Å². The first-order valence-corrected chi connectivity index (χ1v) is 6.28. The molecule has 0 N–H and O–H groups in total. The predicted octanol–water partition coefficient (Wildman–Crippen LogP) is 3.97. The molecule has 1 aliphatic rings. The number of rotatable bonds is 1. The van der Waals surface area contributed by atoms with Crippen molar-refractivity contribution in [2.45, 2.75) is 6.42 Å². The molecule has 3 rings (SSSR count). The molecule has 0 spiro atoms. The van der Waals surface area contributed by atoms with Crippen molar-refractivity contribution >= 4 is 11.6 Å². The third-order valence-electron chi connectivity index (χ3n) is 2.84. The summed E-state index contributed by atoms with van der Waals surface area (Å²) in [5.41, 5.74) is 2.05. The van der Waals surface area contributed by atoms with Crippen LogP contribution in [0.5, 0.6) is 11.5 Å². The molecule has 1 heterocycles. The third kappa shape index (κ3) is 2.29. The first kappa shape index (κ1) is 11.4. The maximum atomic E-state index is 5.88. The van der Waals surface area contributed by atoms with E-state index in [1.807, 2.05) is 36.4 Å². The largest absolute Gasteiger partial charge is 0.490 e. The summed E-state index contributed by atoms with van der Waals surface area (Å²) in [5, 5.41) is 0.730. The topological polar surface area (TPSA) is 18.5 Å². The highest BCUT2D eigenvalue weighted by Crippen LogP contribution is 2.34. The van der Waals surface area contributed by atoms with Gasteiger partial charge in [-0.2, -0.15) is 0 Å². The smallest absolute Gasteiger partial charge is 0.161 e. The van der Waals surface area contributed by atoms with Gasteiger partial charge in [-0.05, 0) is 41.5 Å². The second-order valence-electron chi connectivity index (χ2n) is 4.13.